The van der Waals surface area contributed by atoms with E-state index in [1.165, 1.54) is 19.2 Å². The first-order valence-corrected chi connectivity index (χ1v) is 11.9. The summed E-state index contributed by atoms with van der Waals surface area (Å²) < 4.78 is 66.3. The molecular weight excluding hydrogens is 518 g/mol. The molecule has 1 aliphatic rings. The number of hydrogen-bond acceptors (Lipinski definition) is 5. The molecule has 12 heteroatoms. The van der Waals surface area contributed by atoms with Gasteiger partial charge in [-0.1, -0.05) is 6.07 Å². The summed E-state index contributed by atoms with van der Waals surface area (Å²) in [6.45, 7) is 1.35. The minimum atomic E-state index is -4.68. The Hall–Kier alpha value is -4.48. The number of nitrogens with zero attached hydrogens (tertiary/aromatic N) is 2. The number of amides is 2. The molecule has 0 radical (unpaired) electrons. The average Bonchev–Trinajstić information content (AvgIpc) is 3.62. The first-order valence-electron chi connectivity index (χ1n) is 12.6. The van der Waals surface area contributed by atoms with Crippen molar-refractivity contribution in [2.45, 2.75) is 38.0 Å². The van der Waals surface area contributed by atoms with Gasteiger partial charge in [0.1, 0.15) is 11.4 Å². The normalized spacial score (nSPS) is 14.5. The van der Waals surface area contributed by atoms with Gasteiger partial charge in [-0.2, -0.15) is 18.3 Å². The maximum Gasteiger partial charge on any atom is 0.416 e. The molecule has 1 saturated carbocycles. The second kappa shape index (κ2) is 10.0. The SMILES string of the molecule is [2H]COc1ncc(-c2ccc3c(C(=O)NC4CC4)n[nH]c3c2)cc1C(=O)N[C@@H](C)c1cc(C(F)(F)F)ccc1F. The van der Waals surface area contributed by atoms with Crippen molar-refractivity contribution in [3.8, 4) is 17.0 Å². The number of methoxy groups -OCH3 is 1. The number of aromatic amines is 1. The Labute approximate surface area is 221 Å². The molecule has 1 atom stereocenters. The number of carbonyl (C=O) groups excluding carboxylic acids is 2. The van der Waals surface area contributed by atoms with Crippen LogP contribution in [-0.4, -0.2) is 40.1 Å². The predicted octanol–water partition coefficient (Wildman–Crippen LogP) is 5.17. The van der Waals surface area contributed by atoms with Crippen molar-refractivity contribution in [1.82, 2.24) is 25.8 Å². The molecule has 39 heavy (non-hydrogen) atoms. The highest BCUT2D eigenvalue weighted by atomic mass is 19.4. The third-order valence-electron chi connectivity index (χ3n) is 6.39. The second-order valence-electron chi connectivity index (χ2n) is 9.23. The Kier molecular flexibility index (Phi) is 6.37. The molecule has 202 valence electrons. The van der Waals surface area contributed by atoms with E-state index in [2.05, 4.69) is 25.8 Å². The van der Waals surface area contributed by atoms with E-state index >= 15 is 0 Å². The van der Waals surface area contributed by atoms with Gasteiger partial charge in [-0.25, -0.2) is 9.37 Å². The number of benzene rings is 2. The van der Waals surface area contributed by atoms with E-state index in [-0.39, 0.29) is 34.6 Å². The number of hydrogen-bond donors (Lipinski definition) is 3. The second-order valence-corrected chi connectivity index (χ2v) is 9.23. The fraction of sp³-hybridized carbons (Fsp3) is 0.259. The zero-order chi connectivity index (χ0) is 28.6. The summed E-state index contributed by atoms with van der Waals surface area (Å²) in [6.07, 6.45) is -1.38. The van der Waals surface area contributed by atoms with Crippen LogP contribution in [0.1, 0.15) is 59.2 Å². The largest absolute Gasteiger partial charge is 0.480 e. The van der Waals surface area contributed by atoms with Gasteiger partial charge >= 0.3 is 6.18 Å². The topological polar surface area (TPSA) is 109 Å². The summed E-state index contributed by atoms with van der Waals surface area (Å²) in [5, 5.41) is 12.9. The molecular formula is C27H23F4N5O3. The van der Waals surface area contributed by atoms with E-state index in [1.54, 1.807) is 18.2 Å². The Bertz CT molecular complexity index is 1600. The van der Waals surface area contributed by atoms with Crippen LogP contribution < -0.4 is 15.4 Å². The first kappa shape index (κ1) is 24.8. The lowest BCUT2D eigenvalue weighted by Gasteiger charge is -2.18. The molecule has 0 bridgehead atoms. The lowest BCUT2D eigenvalue weighted by Crippen LogP contribution is -2.28. The van der Waals surface area contributed by atoms with Gasteiger partial charge in [-0.15, -0.1) is 0 Å². The molecule has 8 nitrogen and oxygen atoms in total. The van der Waals surface area contributed by atoms with Crippen LogP contribution >= 0.6 is 0 Å². The maximum absolute atomic E-state index is 14.4. The lowest BCUT2D eigenvalue weighted by molar-refractivity contribution is -0.137. The standard InChI is InChI=1S/C27H23F4N5O3/c1-13(19-11-16(27(29,30)31)4-8-21(19)28)33-24(37)20-9-15(12-32-26(20)39-2)14-3-7-18-22(10-14)35-36-23(18)25(38)34-17-5-6-17/h3-4,7-13,17H,5-6H2,1-2H3,(H,33,37)(H,34,38)(H,35,36)/t13-/m0/s1/i2D. The average molecular weight is 543 g/mol. The number of aromatic nitrogens is 3. The third kappa shape index (κ3) is 5.40. The van der Waals surface area contributed by atoms with Crippen LogP contribution in [0.25, 0.3) is 22.0 Å². The van der Waals surface area contributed by atoms with E-state index in [0.717, 1.165) is 12.8 Å². The Balaban J connectivity index is 1.42. The monoisotopic (exact) mass is 542 g/mol. The van der Waals surface area contributed by atoms with E-state index < -0.39 is 36.6 Å². The van der Waals surface area contributed by atoms with Crippen molar-refractivity contribution >= 4 is 22.7 Å². The lowest BCUT2D eigenvalue weighted by atomic mass is 10.0. The minimum absolute atomic E-state index is 0.0989. The summed E-state index contributed by atoms with van der Waals surface area (Å²) in [6, 6.07) is 7.61. The molecule has 0 saturated heterocycles. The van der Waals surface area contributed by atoms with Gasteiger partial charge in [-0.3, -0.25) is 14.7 Å². The van der Waals surface area contributed by atoms with E-state index in [9.17, 15) is 27.2 Å². The molecule has 0 spiro atoms. The van der Waals surface area contributed by atoms with Crippen molar-refractivity contribution < 1.29 is 33.3 Å². The minimum Gasteiger partial charge on any atom is -0.480 e. The van der Waals surface area contributed by atoms with Crippen LogP contribution in [0.2, 0.25) is 0 Å². The van der Waals surface area contributed by atoms with Crippen molar-refractivity contribution in [3.05, 3.63) is 76.9 Å². The van der Waals surface area contributed by atoms with E-state index in [0.29, 0.717) is 40.2 Å². The predicted molar refractivity (Wildman–Crippen MR) is 134 cm³/mol. The Morgan fingerprint density at radius 1 is 1.13 bits per heavy atom. The van der Waals surface area contributed by atoms with Crippen LogP contribution in [0, 0.1) is 5.82 Å². The number of alkyl halides is 3. The Morgan fingerprint density at radius 3 is 2.64 bits per heavy atom. The van der Waals surface area contributed by atoms with Gasteiger partial charge in [0.25, 0.3) is 11.8 Å². The van der Waals surface area contributed by atoms with Crippen molar-refractivity contribution in [1.29, 1.82) is 0 Å². The molecule has 2 amide bonds. The number of rotatable bonds is 7. The van der Waals surface area contributed by atoms with Crippen molar-refractivity contribution in [3.63, 3.8) is 0 Å². The summed E-state index contributed by atoms with van der Waals surface area (Å²) >= 11 is 0. The van der Waals surface area contributed by atoms with Gasteiger partial charge < -0.3 is 15.4 Å². The summed E-state index contributed by atoms with van der Waals surface area (Å²) in [5.74, 6) is -2.14. The molecule has 5 rings (SSSR count). The van der Waals surface area contributed by atoms with Crippen LogP contribution in [0.15, 0.2) is 48.7 Å². The zero-order valence-corrected chi connectivity index (χ0v) is 20.5. The molecule has 2 aromatic carbocycles. The number of halogens is 4. The fourth-order valence-electron chi connectivity index (χ4n) is 4.15. The first-order chi connectivity index (χ1) is 19.0. The smallest absolute Gasteiger partial charge is 0.416 e. The molecule has 4 aromatic rings. The third-order valence-corrected chi connectivity index (χ3v) is 6.39. The van der Waals surface area contributed by atoms with Gasteiger partial charge in [0.15, 0.2) is 5.69 Å². The van der Waals surface area contributed by atoms with E-state index in [4.69, 9.17) is 6.11 Å². The van der Waals surface area contributed by atoms with Gasteiger partial charge in [0.05, 0.1) is 25.6 Å². The van der Waals surface area contributed by atoms with Gasteiger partial charge in [0, 0.05) is 28.8 Å². The van der Waals surface area contributed by atoms with Crippen LogP contribution in [0.4, 0.5) is 17.6 Å². The summed E-state index contributed by atoms with van der Waals surface area (Å²) in [5.41, 5.74) is 0.433. The molecule has 3 N–H and O–H groups in total. The van der Waals surface area contributed by atoms with Crippen LogP contribution in [0.3, 0.4) is 0 Å². The summed E-state index contributed by atoms with van der Waals surface area (Å²) in [4.78, 5) is 29.8. The molecule has 1 fully saturated rings. The maximum atomic E-state index is 14.4. The number of nitrogens with one attached hydrogen (secondary N) is 3. The summed E-state index contributed by atoms with van der Waals surface area (Å²) in [7, 11) is -0.545. The van der Waals surface area contributed by atoms with Crippen molar-refractivity contribution in [2.24, 2.45) is 0 Å². The van der Waals surface area contributed by atoms with Crippen LogP contribution in [-0.2, 0) is 6.18 Å². The highest BCUT2D eigenvalue weighted by molar-refractivity contribution is 6.05. The molecule has 0 aliphatic heterocycles. The molecule has 2 heterocycles. The number of ether oxygens (including phenoxy) is 1. The highest BCUT2D eigenvalue weighted by Crippen LogP contribution is 2.33. The van der Waals surface area contributed by atoms with Crippen molar-refractivity contribution in [2.75, 3.05) is 7.09 Å². The quantitative estimate of drug-likeness (QED) is 0.279. The number of carbonyl (C=O) groups is 2. The number of H-pyrrole nitrogens is 1. The van der Waals surface area contributed by atoms with Gasteiger partial charge in [0.2, 0.25) is 5.88 Å². The zero-order valence-electron chi connectivity index (χ0n) is 21.5. The Morgan fingerprint density at radius 2 is 1.92 bits per heavy atom. The van der Waals surface area contributed by atoms with Gasteiger partial charge in [-0.05, 0) is 61.7 Å². The van der Waals surface area contributed by atoms with Crippen LogP contribution in [0.5, 0.6) is 5.88 Å². The van der Waals surface area contributed by atoms with E-state index in [1.807, 2.05) is 0 Å². The number of fused-ring (bicyclic) bond motifs is 1. The number of pyridine rings is 1. The molecule has 0 unspecified atom stereocenters. The molecule has 1 aliphatic carbocycles. The highest BCUT2D eigenvalue weighted by Gasteiger charge is 2.32. The molecule has 2 aromatic heterocycles. The fourth-order valence-corrected chi connectivity index (χ4v) is 4.15.